The van der Waals surface area contributed by atoms with E-state index in [1.54, 1.807) is 11.3 Å². The minimum absolute atomic E-state index is 0.167. The van der Waals surface area contributed by atoms with Crippen molar-refractivity contribution in [2.75, 3.05) is 5.75 Å². The van der Waals surface area contributed by atoms with Gasteiger partial charge in [-0.2, -0.15) is 0 Å². The van der Waals surface area contributed by atoms with Crippen molar-refractivity contribution in [2.45, 2.75) is 31.2 Å². The van der Waals surface area contributed by atoms with E-state index in [0.29, 0.717) is 0 Å². The molecule has 0 radical (unpaired) electrons. The Labute approximate surface area is 117 Å². The molecule has 2 aromatic rings. The van der Waals surface area contributed by atoms with Crippen molar-refractivity contribution in [3.8, 4) is 0 Å². The first-order valence-electron chi connectivity index (χ1n) is 6.01. The highest BCUT2D eigenvalue weighted by Gasteiger charge is 2.09. The van der Waals surface area contributed by atoms with Gasteiger partial charge in [-0.3, -0.25) is 0 Å². The molecule has 2 nitrogen and oxygen atoms in total. The lowest BCUT2D eigenvalue weighted by Gasteiger charge is -2.09. The summed E-state index contributed by atoms with van der Waals surface area (Å²) in [5.41, 5.74) is 7.30. The van der Waals surface area contributed by atoms with E-state index >= 15 is 0 Å². The van der Waals surface area contributed by atoms with Crippen molar-refractivity contribution in [1.82, 2.24) is 4.98 Å². The van der Waals surface area contributed by atoms with Crippen LogP contribution >= 0.6 is 23.1 Å². The number of nitrogens with zero attached hydrogens (tertiary/aromatic N) is 1. The van der Waals surface area contributed by atoms with Gasteiger partial charge in [-0.25, -0.2) is 4.98 Å². The van der Waals surface area contributed by atoms with Crippen molar-refractivity contribution >= 4 is 23.1 Å². The molecule has 1 unspecified atom stereocenters. The van der Waals surface area contributed by atoms with Gasteiger partial charge in [0.25, 0.3) is 0 Å². The van der Waals surface area contributed by atoms with E-state index < -0.39 is 0 Å². The van der Waals surface area contributed by atoms with Crippen molar-refractivity contribution < 1.29 is 0 Å². The number of hydrogen-bond donors (Lipinski definition) is 1. The van der Waals surface area contributed by atoms with Crippen LogP contribution in [-0.2, 0) is 6.42 Å². The van der Waals surface area contributed by atoms with Crippen LogP contribution in [0.5, 0.6) is 0 Å². The van der Waals surface area contributed by atoms with Gasteiger partial charge in [0, 0.05) is 28.0 Å². The van der Waals surface area contributed by atoms with Gasteiger partial charge in [-0.05, 0) is 26.0 Å². The second-order valence-corrected chi connectivity index (χ2v) is 6.72. The summed E-state index contributed by atoms with van der Waals surface area (Å²) in [5.74, 6) is 0.932. The summed E-state index contributed by atoms with van der Waals surface area (Å²) >= 11 is 3.57. The second kappa shape index (κ2) is 6.36. The van der Waals surface area contributed by atoms with Crippen molar-refractivity contribution in [3.05, 3.63) is 45.9 Å². The van der Waals surface area contributed by atoms with Gasteiger partial charge in [0.1, 0.15) is 0 Å². The van der Waals surface area contributed by atoms with Crippen LogP contribution in [0.1, 0.15) is 15.6 Å². The summed E-state index contributed by atoms with van der Waals surface area (Å²) in [6.45, 7) is 4.17. The Morgan fingerprint density at radius 2 is 2.00 bits per heavy atom. The molecule has 0 saturated heterocycles. The smallest absolute Gasteiger partial charge is 0.0946 e. The van der Waals surface area contributed by atoms with Crippen LogP contribution in [0.15, 0.2) is 35.2 Å². The number of thiazole rings is 1. The lowest BCUT2D eigenvalue weighted by atomic mass is 10.2. The molecule has 4 heteroatoms. The van der Waals surface area contributed by atoms with Crippen molar-refractivity contribution in [3.63, 3.8) is 0 Å². The minimum Gasteiger partial charge on any atom is -0.327 e. The van der Waals surface area contributed by atoms with Gasteiger partial charge in [-0.15, -0.1) is 23.1 Å². The summed E-state index contributed by atoms with van der Waals surface area (Å²) in [6, 6.07) is 10.6. The normalized spacial score (nSPS) is 12.6. The highest BCUT2D eigenvalue weighted by atomic mass is 32.2. The summed E-state index contributed by atoms with van der Waals surface area (Å²) in [4.78, 5) is 7.11. The summed E-state index contributed by atoms with van der Waals surface area (Å²) in [5, 5.41) is 1.16. The van der Waals surface area contributed by atoms with Crippen LogP contribution in [0.2, 0.25) is 0 Å². The van der Waals surface area contributed by atoms with Crippen LogP contribution in [-0.4, -0.2) is 16.8 Å². The number of aryl methyl sites for hydroxylation is 2. The molecule has 0 amide bonds. The number of rotatable bonds is 5. The molecule has 1 aromatic heterocycles. The Morgan fingerprint density at radius 1 is 1.28 bits per heavy atom. The molecule has 0 fully saturated rings. The molecule has 1 aromatic carbocycles. The first-order valence-corrected chi connectivity index (χ1v) is 7.81. The summed E-state index contributed by atoms with van der Waals surface area (Å²) in [7, 11) is 0. The molecule has 0 bridgehead atoms. The van der Waals surface area contributed by atoms with E-state index in [2.05, 4.69) is 43.1 Å². The zero-order chi connectivity index (χ0) is 13.0. The molecule has 0 spiro atoms. The third-order valence-corrected chi connectivity index (χ3v) is 5.01. The standard InChI is InChI=1S/C14H18N2S2/c1-10-11(2)18-14(16-10)8-12(15)9-17-13-6-4-3-5-7-13/h3-7,12H,8-9,15H2,1-2H3. The fourth-order valence-electron chi connectivity index (χ4n) is 1.63. The molecule has 18 heavy (non-hydrogen) atoms. The maximum Gasteiger partial charge on any atom is 0.0946 e. The number of nitrogens with two attached hydrogens (primary N) is 1. The molecule has 0 aliphatic carbocycles. The Kier molecular flexibility index (Phi) is 4.80. The molecule has 2 rings (SSSR count). The SMILES string of the molecule is Cc1nc(CC(N)CSc2ccccc2)sc1C. The Bertz CT molecular complexity index is 474. The fourth-order valence-corrected chi connectivity index (χ4v) is 3.53. The van der Waals surface area contributed by atoms with E-state index in [4.69, 9.17) is 5.73 Å². The molecular weight excluding hydrogens is 260 g/mol. The lowest BCUT2D eigenvalue weighted by Crippen LogP contribution is -2.25. The van der Waals surface area contributed by atoms with E-state index in [9.17, 15) is 0 Å². The number of thioether (sulfide) groups is 1. The zero-order valence-electron chi connectivity index (χ0n) is 10.7. The number of benzene rings is 1. The van der Waals surface area contributed by atoms with Gasteiger partial charge in [-0.1, -0.05) is 18.2 Å². The Balaban J connectivity index is 1.84. The van der Waals surface area contributed by atoms with E-state index in [0.717, 1.165) is 22.9 Å². The van der Waals surface area contributed by atoms with E-state index in [1.165, 1.54) is 9.77 Å². The first kappa shape index (κ1) is 13.6. The average Bonchev–Trinajstić information content (AvgIpc) is 2.67. The largest absolute Gasteiger partial charge is 0.327 e. The molecule has 0 aliphatic heterocycles. The monoisotopic (exact) mass is 278 g/mol. The van der Waals surface area contributed by atoms with Crippen molar-refractivity contribution in [1.29, 1.82) is 0 Å². The van der Waals surface area contributed by atoms with Crippen LogP contribution < -0.4 is 5.73 Å². The molecule has 0 aliphatic rings. The van der Waals surface area contributed by atoms with Gasteiger partial charge in [0.05, 0.1) is 10.7 Å². The predicted octanol–water partition coefficient (Wildman–Crippen LogP) is 3.42. The van der Waals surface area contributed by atoms with Gasteiger partial charge >= 0.3 is 0 Å². The first-order chi connectivity index (χ1) is 8.65. The van der Waals surface area contributed by atoms with Crippen molar-refractivity contribution in [2.24, 2.45) is 5.73 Å². The van der Waals surface area contributed by atoms with Gasteiger partial charge < -0.3 is 5.73 Å². The number of hydrogen-bond acceptors (Lipinski definition) is 4. The van der Waals surface area contributed by atoms with Crippen LogP contribution in [0, 0.1) is 13.8 Å². The maximum absolute atomic E-state index is 6.16. The van der Waals surface area contributed by atoms with Crippen LogP contribution in [0.3, 0.4) is 0 Å². The molecular formula is C14H18N2S2. The highest BCUT2D eigenvalue weighted by Crippen LogP contribution is 2.21. The molecule has 1 atom stereocenters. The highest BCUT2D eigenvalue weighted by molar-refractivity contribution is 7.99. The predicted molar refractivity (Wildman–Crippen MR) is 80.4 cm³/mol. The third-order valence-electron chi connectivity index (χ3n) is 2.72. The average molecular weight is 278 g/mol. The lowest BCUT2D eigenvalue weighted by molar-refractivity contribution is 0.742. The Hall–Kier alpha value is -0.840. The van der Waals surface area contributed by atoms with E-state index in [1.807, 2.05) is 17.8 Å². The second-order valence-electron chi connectivity index (χ2n) is 4.34. The molecule has 96 valence electrons. The minimum atomic E-state index is 0.167. The molecule has 1 heterocycles. The fraction of sp³-hybridized carbons (Fsp3) is 0.357. The third kappa shape index (κ3) is 3.83. The maximum atomic E-state index is 6.16. The van der Waals surface area contributed by atoms with Gasteiger partial charge in [0.15, 0.2) is 0 Å². The van der Waals surface area contributed by atoms with Gasteiger partial charge in [0.2, 0.25) is 0 Å². The Morgan fingerprint density at radius 3 is 2.61 bits per heavy atom. The topological polar surface area (TPSA) is 38.9 Å². The van der Waals surface area contributed by atoms with Crippen LogP contribution in [0.25, 0.3) is 0 Å². The zero-order valence-corrected chi connectivity index (χ0v) is 12.4. The van der Waals surface area contributed by atoms with E-state index in [-0.39, 0.29) is 6.04 Å². The summed E-state index contributed by atoms with van der Waals surface area (Å²) in [6.07, 6.45) is 0.874. The summed E-state index contributed by atoms with van der Waals surface area (Å²) < 4.78 is 0. The van der Waals surface area contributed by atoms with Crippen LogP contribution in [0.4, 0.5) is 0 Å². The number of aromatic nitrogens is 1. The molecule has 0 saturated carbocycles. The quantitative estimate of drug-likeness (QED) is 0.852. The molecule has 2 N–H and O–H groups in total.